The second-order valence-corrected chi connectivity index (χ2v) is 15.7. The van der Waals surface area contributed by atoms with E-state index in [0.29, 0.717) is 0 Å². The Morgan fingerprint density at radius 3 is 0.595 bits per heavy atom. The predicted octanol–water partition coefficient (Wildman–Crippen LogP) is -14.6. The van der Waals surface area contributed by atoms with Crippen LogP contribution in [0.15, 0.2) is 118 Å². The van der Waals surface area contributed by atoms with Gasteiger partial charge in [0.15, 0.2) is 0 Å². The van der Waals surface area contributed by atoms with Gasteiger partial charge in [0.1, 0.15) is 0 Å². The van der Waals surface area contributed by atoms with E-state index >= 15 is 0 Å². The summed E-state index contributed by atoms with van der Waals surface area (Å²) >= 11 is 0. The van der Waals surface area contributed by atoms with Crippen molar-refractivity contribution in [2.24, 2.45) is 20.0 Å². The van der Waals surface area contributed by atoms with E-state index in [1.54, 1.807) is 24.8 Å². The van der Waals surface area contributed by atoms with Crippen molar-refractivity contribution in [3.8, 4) is 0 Å². The first kappa shape index (κ1) is 82.2. The standard InChI is InChI=1S/4C10H15N3.4ClHO4.2Zn/c4*1-9(12-8-7-11-2)10-5-3-4-6-13-10;4*2-1(3,4)5;;/h4*3-6,11H,7-8H2,1-2H3;4*(H,2,3,4,5);;/q;;;;;;;;2*+2/p-4. The van der Waals surface area contributed by atoms with Gasteiger partial charge in [-0.3, -0.25) is 39.9 Å². The third-order valence-electron chi connectivity index (χ3n) is 6.99. The maximum atomic E-state index is 8.49. The van der Waals surface area contributed by atoms with Crippen LogP contribution in [0.5, 0.6) is 0 Å². The average molecular weight is 1240 g/mol. The molecule has 4 heterocycles. The Kier molecular flexibility index (Phi) is 56.3. The van der Waals surface area contributed by atoms with Crippen LogP contribution in [-0.2, 0) is 39.0 Å². The summed E-state index contributed by atoms with van der Waals surface area (Å²) in [6.45, 7) is 14.8. The average Bonchev–Trinajstić information content (AvgIpc) is 3.29. The van der Waals surface area contributed by atoms with Gasteiger partial charge < -0.3 is 21.3 Å². The molecule has 4 N–H and O–H groups in total. The van der Waals surface area contributed by atoms with Crippen LogP contribution in [0.4, 0.5) is 0 Å². The van der Waals surface area contributed by atoms with Gasteiger partial charge in [-0.15, -0.1) is 41.0 Å². The second-order valence-electron chi connectivity index (χ2n) is 12.7. The fourth-order valence-corrected chi connectivity index (χ4v) is 3.97. The Bertz CT molecular complexity index is 1690. The first-order valence-corrected chi connectivity index (χ1v) is 25.1. The first-order valence-electron chi connectivity index (χ1n) is 20.1. The number of aliphatic imine (C=N–C) groups is 4. The van der Waals surface area contributed by atoms with Crippen molar-refractivity contribution in [2.75, 3.05) is 80.5 Å². The van der Waals surface area contributed by atoms with Crippen LogP contribution < -0.4 is 95.8 Å². The molecule has 0 bridgehead atoms. The molecule has 0 saturated heterocycles. The van der Waals surface area contributed by atoms with Crippen molar-refractivity contribution in [2.45, 2.75) is 27.7 Å². The van der Waals surface area contributed by atoms with Crippen molar-refractivity contribution >= 4 is 22.8 Å². The molecule has 74 heavy (non-hydrogen) atoms. The number of likely N-dealkylation sites (N-methyl/N-ethyl adjacent to an activating group) is 4. The summed E-state index contributed by atoms with van der Waals surface area (Å²) in [4.78, 5) is 34.3. The fraction of sp³-hybridized carbons (Fsp3) is 0.400. The Labute approximate surface area is 464 Å². The summed E-state index contributed by atoms with van der Waals surface area (Å²) in [5.74, 6) is 0. The van der Waals surface area contributed by atoms with Crippen LogP contribution in [0.1, 0.15) is 50.5 Å². The van der Waals surface area contributed by atoms with Crippen LogP contribution in [0, 0.1) is 41.0 Å². The molecule has 0 spiro atoms. The molecule has 4 rings (SSSR count). The largest absolute Gasteiger partial charge is 2.00 e. The SMILES string of the molecule is CNCCN=C(C)c1ccccn1.CNCCN=C(C)c1ccccn1.CNCCN=C(C)c1ccccn1.CNCCN=C(C)c1ccccn1.[O-][Cl+3]([O-])([O-])[O-].[O-][Cl+3]([O-])([O-])[O-].[O-][Cl+3]([O-])([O-])[O-].[O-][Cl+3]([O-])([O-])[O-].[Zn+2].[Zn+2]. The molecule has 0 atom stereocenters. The molecule has 4 aromatic heterocycles. The Hall–Kier alpha value is -3.11. The van der Waals surface area contributed by atoms with E-state index < -0.39 is 41.0 Å². The predicted molar refractivity (Wildman–Crippen MR) is 221 cm³/mol. The van der Waals surface area contributed by atoms with E-state index in [4.69, 9.17) is 74.5 Å². The van der Waals surface area contributed by atoms with Crippen LogP contribution >= 0.6 is 0 Å². The van der Waals surface area contributed by atoms with Gasteiger partial charge in [-0.2, -0.15) is 0 Å². The van der Waals surface area contributed by atoms with Crippen LogP contribution in [0.2, 0.25) is 0 Å². The Balaban J connectivity index is -0.000000184. The van der Waals surface area contributed by atoms with Crippen LogP contribution in [-0.4, -0.2) is 123 Å². The molecule has 0 unspecified atom stereocenters. The van der Waals surface area contributed by atoms with E-state index in [1.165, 1.54) is 0 Å². The molecule has 4 aromatic rings. The monoisotopic (exact) mass is 1230 g/mol. The summed E-state index contributed by atoms with van der Waals surface area (Å²) in [6.07, 6.45) is 7.14. The molecule has 0 radical (unpaired) electrons. The van der Waals surface area contributed by atoms with Gasteiger partial charge in [0.25, 0.3) is 0 Å². The van der Waals surface area contributed by atoms with E-state index in [1.807, 2.05) is 129 Å². The number of aromatic nitrogens is 4. The number of hydrogen-bond donors (Lipinski definition) is 4. The minimum absolute atomic E-state index is 0. The minimum atomic E-state index is -4.94. The maximum Gasteiger partial charge on any atom is 2.00 e. The summed E-state index contributed by atoms with van der Waals surface area (Å²) in [7, 11) is -12.1. The molecule has 28 nitrogen and oxygen atoms in total. The number of pyridine rings is 4. The molecular formula is C40H60Cl4N12O16Zn2. The topological polar surface area (TPSA) is 518 Å². The summed E-state index contributed by atoms with van der Waals surface area (Å²) in [5, 5.41) is 12.2. The van der Waals surface area contributed by atoms with Crippen molar-refractivity contribution < 1.29 is 154 Å². The number of nitrogens with zero attached hydrogens (tertiary/aromatic N) is 8. The molecule has 0 aliphatic heterocycles. The number of halogens is 4. The van der Waals surface area contributed by atoms with Crippen molar-refractivity contribution in [3.63, 3.8) is 0 Å². The normalized spacial score (nSPS) is 11.5. The molecule has 0 aliphatic carbocycles. The Morgan fingerprint density at radius 2 is 0.486 bits per heavy atom. The van der Waals surface area contributed by atoms with Gasteiger partial charge in [-0.1, -0.05) is 24.3 Å². The molecule has 0 amide bonds. The number of rotatable bonds is 16. The number of nitrogens with one attached hydrogen (secondary N) is 4. The van der Waals surface area contributed by atoms with Gasteiger partial charge in [0.2, 0.25) is 0 Å². The van der Waals surface area contributed by atoms with Crippen molar-refractivity contribution in [1.29, 1.82) is 0 Å². The van der Waals surface area contributed by atoms with Gasteiger partial charge in [0, 0.05) is 51.0 Å². The van der Waals surface area contributed by atoms with Crippen LogP contribution in [0.25, 0.3) is 0 Å². The molecular weight excluding hydrogens is 1180 g/mol. The van der Waals surface area contributed by atoms with Crippen molar-refractivity contribution in [3.05, 3.63) is 120 Å². The molecule has 408 valence electrons. The van der Waals surface area contributed by atoms with E-state index in [2.05, 4.69) is 61.2 Å². The van der Waals surface area contributed by atoms with Crippen molar-refractivity contribution in [1.82, 2.24) is 41.2 Å². The second kappa shape index (κ2) is 50.7. The molecule has 0 aliphatic rings. The molecule has 0 saturated carbocycles. The van der Waals surface area contributed by atoms with E-state index in [9.17, 15) is 0 Å². The third-order valence-corrected chi connectivity index (χ3v) is 6.99. The number of hydrogen-bond acceptors (Lipinski definition) is 28. The zero-order valence-corrected chi connectivity index (χ0v) is 50.9. The van der Waals surface area contributed by atoms with Gasteiger partial charge in [-0.25, -0.2) is 74.5 Å². The van der Waals surface area contributed by atoms with Gasteiger partial charge in [0.05, 0.1) is 71.8 Å². The van der Waals surface area contributed by atoms with Crippen LogP contribution in [0.3, 0.4) is 0 Å². The van der Waals surface area contributed by atoms with E-state index in [-0.39, 0.29) is 39.0 Å². The third kappa shape index (κ3) is 75.4. The van der Waals surface area contributed by atoms with Gasteiger partial charge >= 0.3 is 39.0 Å². The van der Waals surface area contributed by atoms with Gasteiger partial charge in [-0.05, 0) is 104 Å². The molecule has 0 fully saturated rings. The molecule has 0 aromatic carbocycles. The zero-order valence-electron chi connectivity index (χ0n) is 41.9. The molecule has 34 heteroatoms. The van der Waals surface area contributed by atoms with E-state index in [0.717, 1.165) is 98.0 Å². The Morgan fingerprint density at radius 1 is 0.338 bits per heavy atom. The minimum Gasteiger partial charge on any atom is -0.318 e. The quantitative estimate of drug-likeness (QED) is 0.0460. The first-order chi connectivity index (χ1) is 33.4. The summed E-state index contributed by atoms with van der Waals surface area (Å²) in [6, 6.07) is 23.4. The maximum absolute atomic E-state index is 8.49. The zero-order chi connectivity index (χ0) is 56.1. The summed E-state index contributed by atoms with van der Waals surface area (Å²) < 4.78 is 136. The smallest absolute Gasteiger partial charge is 0.318 e. The summed E-state index contributed by atoms with van der Waals surface area (Å²) in [5.41, 5.74) is 7.81. The fourth-order valence-electron chi connectivity index (χ4n) is 3.97.